The summed E-state index contributed by atoms with van der Waals surface area (Å²) < 4.78 is 6.88. The molecule has 2 N–H and O–H groups in total. The Morgan fingerprint density at radius 3 is 2.23 bits per heavy atom. The predicted molar refractivity (Wildman–Crippen MR) is 164 cm³/mol. The number of benzene rings is 3. The van der Waals surface area contributed by atoms with Crippen LogP contribution in [0.3, 0.4) is 0 Å². The Balaban J connectivity index is 1.61. The van der Waals surface area contributed by atoms with Gasteiger partial charge in [0.15, 0.2) is 5.16 Å². The number of hydrogen-bond acceptors (Lipinski definition) is 7. The van der Waals surface area contributed by atoms with Gasteiger partial charge in [0.1, 0.15) is 10.8 Å². The molecule has 3 aromatic carbocycles. The fraction of sp³-hybridized carbons (Fsp3) is 0.290. The summed E-state index contributed by atoms with van der Waals surface area (Å²) in [7, 11) is 0. The average molecular weight is 641 g/mol. The standard InChI is InChI=1S/C31H31BrClN3O3S/c1-20-23-13-14-26(36(16-21-9-5-3-6-10-21)17-22-11-7-4-8-12-22)28(32)27(23)31(38,19-39-20)15-25-24(18-37)29(33)35-30(34-25)40-2/h3-14,20,37-38H,15-19H2,1-2H3. The van der Waals surface area contributed by atoms with Crippen LogP contribution < -0.4 is 4.90 Å². The minimum absolute atomic E-state index is 0.0711. The second-order valence-corrected chi connectivity index (χ2v) is 11.9. The van der Waals surface area contributed by atoms with Crippen LogP contribution in [-0.2, 0) is 36.5 Å². The quantitative estimate of drug-likeness (QED) is 0.118. The molecule has 5 rings (SSSR count). The number of nitrogens with zero attached hydrogens (tertiary/aromatic N) is 3. The van der Waals surface area contributed by atoms with Crippen molar-refractivity contribution in [3.63, 3.8) is 0 Å². The van der Waals surface area contributed by atoms with Crippen molar-refractivity contribution in [2.24, 2.45) is 0 Å². The van der Waals surface area contributed by atoms with E-state index in [1.807, 2.05) is 55.6 Å². The van der Waals surface area contributed by atoms with Gasteiger partial charge in [0.2, 0.25) is 0 Å². The van der Waals surface area contributed by atoms with Gasteiger partial charge in [0.05, 0.1) is 30.7 Å². The topological polar surface area (TPSA) is 78.7 Å². The molecule has 1 aromatic heterocycles. The van der Waals surface area contributed by atoms with E-state index in [2.05, 4.69) is 61.1 Å². The average Bonchev–Trinajstić information content (AvgIpc) is 2.96. The lowest BCUT2D eigenvalue weighted by molar-refractivity contribution is -0.0937. The van der Waals surface area contributed by atoms with Gasteiger partial charge in [-0.15, -0.1) is 0 Å². The summed E-state index contributed by atoms with van der Waals surface area (Å²) in [4.78, 5) is 11.2. The molecule has 6 nitrogen and oxygen atoms in total. The number of halogens is 2. The monoisotopic (exact) mass is 639 g/mol. The molecule has 0 fully saturated rings. The Kier molecular flexibility index (Phi) is 9.14. The molecular weight excluding hydrogens is 610 g/mol. The number of hydrogen-bond donors (Lipinski definition) is 2. The highest BCUT2D eigenvalue weighted by atomic mass is 79.9. The van der Waals surface area contributed by atoms with Gasteiger partial charge in [-0.25, -0.2) is 9.97 Å². The number of rotatable bonds is 9. The highest BCUT2D eigenvalue weighted by Gasteiger charge is 2.42. The Bertz CT molecular complexity index is 1440. The third-order valence-corrected chi connectivity index (χ3v) is 8.89. The smallest absolute Gasteiger partial charge is 0.188 e. The van der Waals surface area contributed by atoms with E-state index >= 15 is 0 Å². The molecule has 1 aliphatic rings. The largest absolute Gasteiger partial charge is 0.391 e. The molecule has 40 heavy (non-hydrogen) atoms. The van der Waals surface area contributed by atoms with E-state index in [1.165, 1.54) is 22.9 Å². The van der Waals surface area contributed by atoms with Crippen LogP contribution >= 0.6 is 39.3 Å². The van der Waals surface area contributed by atoms with E-state index in [0.717, 1.165) is 21.3 Å². The number of aromatic nitrogens is 2. The molecule has 208 valence electrons. The maximum Gasteiger partial charge on any atom is 0.188 e. The van der Waals surface area contributed by atoms with Gasteiger partial charge in [0, 0.05) is 35.1 Å². The Hall–Kier alpha value is -2.46. The summed E-state index contributed by atoms with van der Waals surface area (Å²) in [6.45, 7) is 3.10. The second kappa shape index (κ2) is 12.6. The van der Waals surface area contributed by atoms with Gasteiger partial charge in [-0.05, 0) is 51.9 Å². The predicted octanol–water partition coefficient (Wildman–Crippen LogP) is 6.84. The first kappa shape index (κ1) is 29.0. The first-order chi connectivity index (χ1) is 19.3. The molecule has 9 heteroatoms. The third kappa shape index (κ3) is 6.08. The number of aliphatic hydroxyl groups is 2. The van der Waals surface area contributed by atoms with Gasteiger partial charge in [-0.1, -0.05) is 90.1 Å². The zero-order valence-corrected chi connectivity index (χ0v) is 25.5. The number of ether oxygens (including phenoxy) is 1. The molecule has 0 aliphatic carbocycles. The fourth-order valence-electron chi connectivity index (χ4n) is 5.18. The lowest BCUT2D eigenvalue weighted by atomic mass is 9.82. The van der Waals surface area contributed by atoms with Gasteiger partial charge < -0.3 is 19.8 Å². The Morgan fingerprint density at radius 1 is 1.02 bits per heavy atom. The van der Waals surface area contributed by atoms with E-state index in [9.17, 15) is 10.2 Å². The van der Waals surface area contributed by atoms with Crippen LogP contribution in [0.2, 0.25) is 5.15 Å². The third-order valence-electron chi connectivity index (χ3n) is 7.22. The van der Waals surface area contributed by atoms with Crippen LogP contribution in [0.15, 0.2) is 82.4 Å². The number of aliphatic hydroxyl groups excluding tert-OH is 1. The van der Waals surface area contributed by atoms with Crippen molar-refractivity contribution in [1.82, 2.24) is 9.97 Å². The molecule has 0 bridgehead atoms. The van der Waals surface area contributed by atoms with Gasteiger partial charge >= 0.3 is 0 Å². The molecule has 0 amide bonds. The maximum absolute atomic E-state index is 12.3. The molecule has 0 saturated heterocycles. The molecule has 2 heterocycles. The summed E-state index contributed by atoms with van der Waals surface area (Å²) in [5.74, 6) is 0. The summed E-state index contributed by atoms with van der Waals surface area (Å²) >= 11 is 11.7. The zero-order chi connectivity index (χ0) is 28.3. The number of fused-ring (bicyclic) bond motifs is 1. The number of thioether (sulfide) groups is 1. The van der Waals surface area contributed by atoms with Crippen molar-refractivity contribution >= 4 is 45.0 Å². The van der Waals surface area contributed by atoms with Crippen molar-refractivity contribution in [2.75, 3.05) is 17.8 Å². The second-order valence-electron chi connectivity index (χ2n) is 9.94. The van der Waals surface area contributed by atoms with Crippen molar-refractivity contribution in [3.8, 4) is 0 Å². The van der Waals surface area contributed by atoms with E-state index < -0.39 is 5.60 Å². The lowest BCUT2D eigenvalue weighted by Crippen LogP contribution is -2.41. The van der Waals surface area contributed by atoms with Crippen LogP contribution in [0.4, 0.5) is 5.69 Å². The highest BCUT2D eigenvalue weighted by molar-refractivity contribution is 9.10. The summed E-state index contributed by atoms with van der Waals surface area (Å²) in [6, 6.07) is 24.8. The van der Waals surface area contributed by atoms with E-state index in [-0.39, 0.29) is 30.9 Å². The van der Waals surface area contributed by atoms with Crippen LogP contribution in [-0.4, -0.2) is 33.0 Å². The summed E-state index contributed by atoms with van der Waals surface area (Å²) in [5, 5.41) is 23.0. The summed E-state index contributed by atoms with van der Waals surface area (Å²) in [5.41, 5.74) is 4.49. The van der Waals surface area contributed by atoms with E-state index in [1.54, 1.807) is 0 Å². The van der Waals surface area contributed by atoms with Crippen LogP contribution in [0, 0.1) is 0 Å². The van der Waals surface area contributed by atoms with Gasteiger partial charge in [-0.3, -0.25) is 0 Å². The normalized spacial score (nSPS) is 18.4. The molecule has 2 unspecified atom stereocenters. The minimum Gasteiger partial charge on any atom is -0.391 e. The fourth-order valence-corrected chi connectivity index (χ4v) is 6.85. The van der Waals surface area contributed by atoms with Crippen molar-refractivity contribution in [2.45, 2.75) is 49.9 Å². The van der Waals surface area contributed by atoms with Crippen LogP contribution in [0.5, 0.6) is 0 Å². The molecule has 0 radical (unpaired) electrons. The Morgan fingerprint density at radius 2 is 1.65 bits per heavy atom. The molecule has 0 spiro atoms. The SMILES string of the molecule is CSc1nc(Cl)c(CO)c(CC2(O)COC(C)c3ccc(N(Cc4ccccc4)Cc4ccccc4)c(Br)c32)n1. The van der Waals surface area contributed by atoms with Crippen molar-refractivity contribution < 1.29 is 14.9 Å². The van der Waals surface area contributed by atoms with Crippen molar-refractivity contribution in [1.29, 1.82) is 0 Å². The first-order valence-corrected chi connectivity index (χ1v) is 15.4. The molecule has 2 atom stereocenters. The van der Waals surface area contributed by atoms with Gasteiger partial charge in [-0.2, -0.15) is 0 Å². The Labute approximate surface area is 252 Å². The number of anilines is 1. The first-order valence-electron chi connectivity index (χ1n) is 13.0. The zero-order valence-electron chi connectivity index (χ0n) is 22.3. The summed E-state index contributed by atoms with van der Waals surface area (Å²) in [6.07, 6.45) is 1.77. The molecule has 0 saturated carbocycles. The lowest BCUT2D eigenvalue weighted by Gasteiger charge is -2.40. The minimum atomic E-state index is -1.42. The molecule has 4 aromatic rings. The van der Waals surface area contributed by atoms with E-state index in [0.29, 0.717) is 29.5 Å². The molecule has 1 aliphatic heterocycles. The highest BCUT2D eigenvalue weighted by Crippen LogP contribution is 2.46. The maximum atomic E-state index is 12.3. The van der Waals surface area contributed by atoms with Crippen molar-refractivity contribution in [3.05, 3.63) is 116 Å². The molecular formula is C31H31BrClN3O3S. The van der Waals surface area contributed by atoms with E-state index in [4.69, 9.17) is 16.3 Å². The van der Waals surface area contributed by atoms with Gasteiger partial charge in [0.25, 0.3) is 0 Å². The van der Waals surface area contributed by atoms with Crippen LogP contribution in [0.1, 0.15) is 46.5 Å². The van der Waals surface area contributed by atoms with Crippen LogP contribution in [0.25, 0.3) is 0 Å².